The van der Waals surface area contributed by atoms with Crippen LogP contribution in [0, 0.1) is 6.92 Å². The second kappa shape index (κ2) is 12.2. The van der Waals surface area contributed by atoms with E-state index < -0.39 is 9.84 Å². The summed E-state index contributed by atoms with van der Waals surface area (Å²) in [4.78, 5) is 22.2. The fourth-order valence-electron chi connectivity index (χ4n) is 3.74. The number of amides is 1. The van der Waals surface area contributed by atoms with E-state index in [4.69, 9.17) is 16.3 Å². The van der Waals surface area contributed by atoms with E-state index in [0.717, 1.165) is 23.4 Å². The lowest BCUT2D eigenvalue weighted by molar-refractivity contribution is -0.118. The molecule has 0 saturated heterocycles. The van der Waals surface area contributed by atoms with Gasteiger partial charge in [0.05, 0.1) is 27.5 Å². The molecule has 1 heterocycles. The summed E-state index contributed by atoms with van der Waals surface area (Å²) >= 11 is 7.73. The van der Waals surface area contributed by atoms with Crippen molar-refractivity contribution in [2.24, 2.45) is 0 Å². The topological polar surface area (TPSA) is 79.8 Å². The Labute approximate surface area is 216 Å². The molecule has 3 aromatic rings. The van der Waals surface area contributed by atoms with Crippen molar-refractivity contribution in [2.75, 3.05) is 43.9 Å². The smallest absolute Gasteiger partial charge is 0.228 e. The van der Waals surface area contributed by atoms with E-state index >= 15 is 0 Å². The number of fused-ring (bicyclic) bond motifs is 1. The number of halogens is 1. The SMILES string of the molecule is CCN(CC)CCN(C(=O)CCCS(=O)(=O)c1ccc(C)cc1)c1nc2c(OC)ccc(Cl)c2s1. The third-order valence-corrected chi connectivity index (χ3v) is 9.27. The summed E-state index contributed by atoms with van der Waals surface area (Å²) in [5.41, 5.74) is 1.61. The van der Waals surface area contributed by atoms with Crippen LogP contribution >= 0.6 is 22.9 Å². The van der Waals surface area contributed by atoms with Crippen LogP contribution in [0.2, 0.25) is 5.02 Å². The van der Waals surface area contributed by atoms with Crippen molar-refractivity contribution in [3.8, 4) is 5.75 Å². The summed E-state index contributed by atoms with van der Waals surface area (Å²) in [7, 11) is -1.89. The molecule has 0 aliphatic rings. The van der Waals surface area contributed by atoms with Crippen molar-refractivity contribution >= 4 is 54.0 Å². The van der Waals surface area contributed by atoms with Gasteiger partial charge in [-0.2, -0.15) is 0 Å². The molecule has 0 spiro atoms. The van der Waals surface area contributed by atoms with Crippen molar-refractivity contribution in [2.45, 2.75) is 38.5 Å². The predicted octanol–water partition coefficient (Wildman–Crippen LogP) is 5.20. The second-order valence-electron chi connectivity index (χ2n) is 8.23. The molecule has 0 aliphatic carbocycles. The van der Waals surface area contributed by atoms with Gasteiger partial charge in [0.15, 0.2) is 15.0 Å². The van der Waals surface area contributed by atoms with Gasteiger partial charge in [0.25, 0.3) is 0 Å². The van der Waals surface area contributed by atoms with E-state index in [0.29, 0.717) is 34.5 Å². The van der Waals surface area contributed by atoms with E-state index in [1.54, 1.807) is 48.4 Å². The van der Waals surface area contributed by atoms with Gasteiger partial charge in [0.2, 0.25) is 5.91 Å². The van der Waals surface area contributed by atoms with Crippen LogP contribution in [-0.4, -0.2) is 63.3 Å². The summed E-state index contributed by atoms with van der Waals surface area (Å²) in [6.45, 7) is 8.93. The number of ether oxygens (including phenoxy) is 1. The number of hydrogen-bond acceptors (Lipinski definition) is 7. The maximum atomic E-state index is 13.3. The van der Waals surface area contributed by atoms with Crippen molar-refractivity contribution in [3.63, 3.8) is 0 Å². The number of carbonyl (C=O) groups excluding carboxylic acids is 1. The third kappa shape index (κ3) is 6.73. The van der Waals surface area contributed by atoms with Gasteiger partial charge in [-0.3, -0.25) is 9.69 Å². The first-order valence-corrected chi connectivity index (χ1v) is 14.5. The minimum absolute atomic E-state index is 0.0921. The lowest BCUT2D eigenvalue weighted by Gasteiger charge is -2.24. The fraction of sp³-hybridized carbons (Fsp3) is 0.440. The number of hydrogen-bond donors (Lipinski definition) is 0. The maximum Gasteiger partial charge on any atom is 0.228 e. The molecule has 0 unspecified atom stereocenters. The summed E-state index contributed by atoms with van der Waals surface area (Å²) in [6, 6.07) is 10.3. The average Bonchev–Trinajstić information content (AvgIpc) is 3.28. The molecule has 2 aromatic carbocycles. The molecule has 7 nitrogen and oxygen atoms in total. The number of nitrogens with zero attached hydrogens (tertiary/aromatic N) is 3. The van der Waals surface area contributed by atoms with E-state index in [1.807, 2.05) is 6.92 Å². The Morgan fingerprint density at radius 3 is 2.40 bits per heavy atom. The standard InChI is InChI=1S/C25H32ClN3O4S2/c1-5-28(6-2)15-16-29(25-27-23-21(33-4)14-13-20(26)24(23)34-25)22(30)8-7-17-35(31,32)19-11-9-18(3)10-12-19/h9-14H,5-8,15-17H2,1-4H3. The largest absolute Gasteiger partial charge is 0.494 e. The average molecular weight is 538 g/mol. The summed E-state index contributed by atoms with van der Waals surface area (Å²) in [5, 5.41) is 1.08. The van der Waals surface area contributed by atoms with Gasteiger partial charge >= 0.3 is 0 Å². The first-order chi connectivity index (χ1) is 16.7. The van der Waals surface area contributed by atoms with Gasteiger partial charge in [-0.1, -0.05) is 54.5 Å². The molecule has 0 radical (unpaired) electrons. The minimum atomic E-state index is -3.46. The number of anilines is 1. The zero-order chi connectivity index (χ0) is 25.6. The Morgan fingerprint density at radius 2 is 1.77 bits per heavy atom. The molecule has 35 heavy (non-hydrogen) atoms. The number of aryl methyl sites for hydroxylation is 1. The molecule has 0 N–H and O–H groups in total. The summed E-state index contributed by atoms with van der Waals surface area (Å²) < 4.78 is 31.6. The molecule has 0 atom stereocenters. The Morgan fingerprint density at radius 1 is 1.09 bits per heavy atom. The quantitative estimate of drug-likeness (QED) is 0.316. The third-order valence-electron chi connectivity index (χ3n) is 5.92. The lowest BCUT2D eigenvalue weighted by atomic mass is 10.2. The van der Waals surface area contributed by atoms with Crippen LogP contribution in [0.15, 0.2) is 41.3 Å². The van der Waals surface area contributed by atoms with Crippen LogP contribution in [0.5, 0.6) is 5.75 Å². The second-order valence-corrected chi connectivity index (χ2v) is 11.7. The van der Waals surface area contributed by atoms with Crippen LogP contribution in [0.25, 0.3) is 10.2 Å². The van der Waals surface area contributed by atoms with Crippen molar-refractivity contribution < 1.29 is 17.9 Å². The van der Waals surface area contributed by atoms with Gasteiger partial charge in [-0.25, -0.2) is 13.4 Å². The lowest BCUT2D eigenvalue weighted by Crippen LogP contribution is -2.38. The Kier molecular flexibility index (Phi) is 9.52. The molecule has 1 amide bonds. The molecule has 0 aliphatic heterocycles. The first-order valence-electron chi connectivity index (χ1n) is 11.6. The molecule has 190 valence electrons. The highest BCUT2D eigenvalue weighted by Gasteiger charge is 2.23. The van der Waals surface area contributed by atoms with Crippen LogP contribution in [0.4, 0.5) is 5.13 Å². The molecule has 10 heteroatoms. The van der Waals surface area contributed by atoms with Crippen LogP contribution in [-0.2, 0) is 14.6 Å². The monoisotopic (exact) mass is 537 g/mol. The Balaban J connectivity index is 1.80. The number of thiazole rings is 1. The van der Waals surface area contributed by atoms with Crippen molar-refractivity contribution in [1.29, 1.82) is 0 Å². The zero-order valence-corrected chi connectivity index (χ0v) is 23.0. The highest BCUT2D eigenvalue weighted by atomic mass is 35.5. The molecule has 0 bridgehead atoms. The number of sulfone groups is 1. The number of benzene rings is 2. The van der Waals surface area contributed by atoms with E-state index in [1.165, 1.54) is 11.3 Å². The predicted molar refractivity (Wildman–Crippen MR) is 144 cm³/mol. The molecule has 0 saturated carbocycles. The van der Waals surface area contributed by atoms with Crippen molar-refractivity contribution in [1.82, 2.24) is 9.88 Å². The van der Waals surface area contributed by atoms with Crippen molar-refractivity contribution in [3.05, 3.63) is 47.0 Å². The Hall–Kier alpha value is -2.20. The zero-order valence-electron chi connectivity index (χ0n) is 20.6. The fourth-order valence-corrected chi connectivity index (χ4v) is 6.35. The molecule has 0 fully saturated rings. The highest BCUT2D eigenvalue weighted by Crippen LogP contribution is 2.38. The van der Waals surface area contributed by atoms with Gasteiger partial charge in [-0.15, -0.1) is 0 Å². The first kappa shape index (κ1) is 27.4. The van der Waals surface area contributed by atoms with Gasteiger partial charge in [-0.05, 0) is 50.7 Å². The molecular weight excluding hydrogens is 506 g/mol. The van der Waals surface area contributed by atoms with Gasteiger partial charge < -0.3 is 9.64 Å². The highest BCUT2D eigenvalue weighted by molar-refractivity contribution is 7.91. The van der Waals surface area contributed by atoms with E-state index in [2.05, 4.69) is 23.7 Å². The number of rotatable bonds is 12. The van der Waals surface area contributed by atoms with Crippen LogP contribution < -0.4 is 9.64 Å². The van der Waals surface area contributed by atoms with Gasteiger partial charge in [0, 0.05) is 19.5 Å². The number of likely N-dealkylation sites (N-methyl/N-ethyl adjacent to an activating group) is 1. The number of methoxy groups -OCH3 is 1. The molecule has 3 rings (SSSR count). The van der Waals surface area contributed by atoms with Crippen LogP contribution in [0.1, 0.15) is 32.3 Å². The molecule has 1 aromatic heterocycles. The van der Waals surface area contributed by atoms with E-state index in [9.17, 15) is 13.2 Å². The van der Waals surface area contributed by atoms with Crippen LogP contribution in [0.3, 0.4) is 0 Å². The van der Waals surface area contributed by atoms with Gasteiger partial charge in [0.1, 0.15) is 11.3 Å². The number of carbonyl (C=O) groups is 1. The summed E-state index contributed by atoms with van der Waals surface area (Å²) in [6.07, 6.45) is 0.329. The maximum absolute atomic E-state index is 13.3. The number of aromatic nitrogens is 1. The normalized spacial score (nSPS) is 11.8. The molecular formula is C25H32ClN3O4S2. The van der Waals surface area contributed by atoms with E-state index in [-0.39, 0.29) is 29.4 Å². The minimum Gasteiger partial charge on any atom is -0.494 e. The summed E-state index contributed by atoms with van der Waals surface area (Å²) in [5.74, 6) is 0.336. The Bertz CT molecular complexity index is 1260.